The Labute approximate surface area is 170 Å². The molecule has 2 fully saturated rings. The van der Waals surface area contributed by atoms with E-state index < -0.39 is 0 Å². The summed E-state index contributed by atoms with van der Waals surface area (Å²) in [6.45, 7) is 11.7. The van der Waals surface area contributed by atoms with Crippen LogP contribution in [0.3, 0.4) is 0 Å². The van der Waals surface area contributed by atoms with Crippen LogP contribution in [0.5, 0.6) is 0 Å². The molecule has 1 atom stereocenters. The van der Waals surface area contributed by atoms with E-state index in [0.29, 0.717) is 0 Å². The molecule has 0 saturated carbocycles. The largest absolute Gasteiger partial charge is 0.356 e. The Bertz CT molecular complexity index is 369. The van der Waals surface area contributed by atoms with Crippen molar-refractivity contribution in [3.8, 4) is 0 Å². The topological polar surface area (TPSA) is 34.1 Å². The molecule has 24 heavy (non-hydrogen) atoms. The van der Waals surface area contributed by atoms with Crippen molar-refractivity contribution in [1.29, 1.82) is 0 Å². The number of halogens is 1. The first kappa shape index (κ1) is 22.3. The Kier molecular flexibility index (Phi) is 11.7. The van der Waals surface area contributed by atoms with Crippen molar-refractivity contribution in [2.45, 2.75) is 31.4 Å². The molecule has 0 bridgehead atoms. The second kappa shape index (κ2) is 12.6. The predicted molar refractivity (Wildman–Crippen MR) is 118 cm³/mol. The van der Waals surface area contributed by atoms with Gasteiger partial charge >= 0.3 is 0 Å². The van der Waals surface area contributed by atoms with E-state index in [1.807, 2.05) is 7.05 Å². The van der Waals surface area contributed by atoms with Crippen LogP contribution in [0.1, 0.15) is 26.2 Å². The van der Waals surface area contributed by atoms with Crippen LogP contribution in [0.2, 0.25) is 0 Å². The molecule has 0 aromatic rings. The Hall–Kier alpha value is 0.270. The number of rotatable bonds is 5. The number of likely N-dealkylation sites (N-methyl/N-ethyl adjacent to an activating group) is 1. The van der Waals surface area contributed by atoms with Crippen molar-refractivity contribution < 1.29 is 0 Å². The fourth-order valence-electron chi connectivity index (χ4n) is 3.32. The van der Waals surface area contributed by atoms with E-state index in [4.69, 9.17) is 0 Å². The second-order valence-electron chi connectivity index (χ2n) is 6.67. The van der Waals surface area contributed by atoms with Crippen LogP contribution in [-0.4, -0.2) is 98.1 Å². The molecule has 5 nitrogen and oxygen atoms in total. The van der Waals surface area contributed by atoms with E-state index in [2.05, 4.69) is 50.7 Å². The van der Waals surface area contributed by atoms with E-state index in [1.54, 1.807) is 0 Å². The van der Waals surface area contributed by atoms with E-state index in [0.717, 1.165) is 30.8 Å². The van der Waals surface area contributed by atoms with Gasteiger partial charge in [0.2, 0.25) is 0 Å². The number of nitrogens with zero attached hydrogens (tertiary/aromatic N) is 4. The summed E-state index contributed by atoms with van der Waals surface area (Å²) in [5.74, 6) is 2.32. The number of hydrogen-bond acceptors (Lipinski definition) is 4. The average Bonchev–Trinajstić information content (AvgIpc) is 2.79. The number of nitrogens with one attached hydrogen (secondary N) is 1. The first-order valence-corrected chi connectivity index (χ1v) is 10.3. The van der Waals surface area contributed by atoms with Crippen molar-refractivity contribution in [3.63, 3.8) is 0 Å². The molecule has 0 aromatic carbocycles. The molecular weight excluding hydrogens is 433 g/mol. The number of aliphatic imine (C=N–C) groups is 1. The highest BCUT2D eigenvalue weighted by Crippen LogP contribution is 2.20. The van der Waals surface area contributed by atoms with E-state index in [-0.39, 0.29) is 24.0 Å². The Balaban J connectivity index is 0.00000288. The maximum Gasteiger partial charge on any atom is 0.193 e. The number of thioether (sulfide) groups is 1. The number of hydrogen-bond donors (Lipinski definition) is 1. The summed E-state index contributed by atoms with van der Waals surface area (Å²) in [5, 5.41) is 4.34. The molecule has 1 N–H and O–H groups in total. The second-order valence-corrected chi connectivity index (χ2v) is 8.08. The Morgan fingerprint density at radius 3 is 2.79 bits per heavy atom. The summed E-state index contributed by atoms with van der Waals surface area (Å²) in [7, 11) is 4.14. The van der Waals surface area contributed by atoms with E-state index in [9.17, 15) is 0 Å². The van der Waals surface area contributed by atoms with Gasteiger partial charge in [-0.1, -0.05) is 6.92 Å². The molecule has 142 valence electrons. The molecule has 7 heteroatoms. The van der Waals surface area contributed by atoms with E-state index in [1.165, 1.54) is 57.7 Å². The molecule has 0 aliphatic carbocycles. The standard InChI is InChI=1S/C17H35N5S.HI/c1-4-16-15-22(13-14-23-16)17(18-2)19-7-5-9-21-10-6-8-20(3)11-12-21;/h16H,4-15H2,1-3H3,(H,18,19);1H. The molecular formula is C17H36IN5S. The smallest absolute Gasteiger partial charge is 0.193 e. The van der Waals surface area contributed by atoms with Crippen LogP contribution >= 0.6 is 35.7 Å². The van der Waals surface area contributed by atoms with Crippen molar-refractivity contribution in [3.05, 3.63) is 0 Å². The third-order valence-electron chi connectivity index (χ3n) is 4.85. The Morgan fingerprint density at radius 1 is 1.21 bits per heavy atom. The fraction of sp³-hybridized carbons (Fsp3) is 0.941. The van der Waals surface area contributed by atoms with Crippen LogP contribution in [-0.2, 0) is 0 Å². The number of guanidine groups is 1. The van der Waals surface area contributed by atoms with Crippen LogP contribution in [0, 0.1) is 0 Å². The lowest BCUT2D eigenvalue weighted by atomic mass is 10.3. The highest BCUT2D eigenvalue weighted by molar-refractivity contribution is 14.0. The van der Waals surface area contributed by atoms with E-state index >= 15 is 0 Å². The van der Waals surface area contributed by atoms with Crippen LogP contribution in [0.4, 0.5) is 0 Å². The lowest BCUT2D eigenvalue weighted by molar-refractivity contribution is 0.273. The lowest BCUT2D eigenvalue weighted by Gasteiger charge is -2.34. The Morgan fingerprint density at radius 2 is 2.04 bits per heavy atom. The molecule has 0 amide bonds. The molecule has 0 aromatic heterocycles. The van der Waals surface area contributed by atoms with Crippen LogP contribution in [0.15, 0.2) is 4.99 Å². The predicted octanol–water partition coefficient (Wildman–Crippen LogP) is 2.03. The minimum absolute atomic E-state index is 0. The maximum absolute atomic E-state index is 4.49. The van der Waals surface area contributed by atoms with Crippen LogP contribution < -0.4 is 5.32 Å². The molecule has 0 radical (unpaired) electrons. The third-order valence-corrected chi connectivity index (χ3v) is 6.22. The first-order valence-electron chi connectivity index (χ1n) is 9.21. The van der Waals surface area contributed by atoms with Gasteiger partial charge < -0.3 is 20.0 Å². The average molecular weight is 469 g/mol. The van der Waals surface area contributed by atoms with Gasteiger partial charge in [-0.25, -0.2) is 0 Å². The van der Waals surface area contributed by atoms with Gasteiger partial charge in [0.15, 0.2) is 5.96 Å². The maximum atomic E-state index is 4.49. The summed E-state index contributed by atoms with van der Waals surface area (Å²) < 4.78 is 0. The summed E-state index contributed by atoms with van der Waals surface area (Å²) in [4.78, 5) is 12.0. The SMILES string of the molecule is CCC1CN(C(=NC)NCCCN2CCCN(C)CC2)CCS1.I. The highest BCUT2D eigenvalue weighted by Gasteiger charge is 2.21. The zero-order chi connectivity index (χ0) is 16.5. The quantitative estimate of drug-likeness (QED) is 0.289. The summed E-state index contributed by atoms with van der Waals surface area (Å²) >= 11 is 2.11. The molecule has 2 heterocycles. The minimum Gasteiger partial charge on any atom is -0.356 e. The zero-order valence-electron chi connectivity index (χ0n) is 15.7. The monoisotopic (exact) mass is 469 g/mol. The molecule has 2 rings (SSSR count). The van der Waals surface area contributed by atoms with Gasteiger partial charge in [-0.2, -0.15) is 11.8 Å². The molecule has 0 spiro atoms. The highest BCUT2D eigenvalue weighted by atomic mass is 127. The van der Waals surface area contributed by atoms with Crippen LogP contribution in [0.25, 0.3) is 0 Å². The first-order chi connectivity index (χ1) is 11.2. The van der Waals surface area contributed by atoms with Gasteiger partial charge in [0.1, 0.15) is 0 Å². The summed E-state index contributed by atoms with van der Waals surface area (Å²) in [5.41, 5.74) is 0. The normalized spacial score (nSPS) is 24.4. The van der Waals surface area contributed by atoms with Crippen molar-refractivity contribution in [2.75, 3.05) is 72.2 Å². The van der Waals surface area contributed by atoms with Gasteiger partial charge in [-0.15, -0.1) is 24.0 Å². The fourth-order valence-corrected chi connectivity index (χ4v) is 4.50. The summed E-state index contributed by atoms with van der Waals surface area (Å²) in [6.07, 6.45) is 3.75. The zero-order valence-corrected chi connectivity index (χ0v) is 18.8. The summed E-state index contributed by atoms with van der Waals surface area (Å²) in [6, 6.07) is 0. The molecule has 2 aliphatic rings. The van der Waals surface area contributed by atoms with Gasteiger partial charge in [-0.3, -0.25) is 4.99 Å². The molecule has 2 aliphatic heterocycles. The van der Waals surface area contributed by atoms with Gasteiger partial charge in [0.25, 0.3) is 0 Å². The van der Waals surface area contributed by atoms with Crippen molar-refractivity contribution in [1.82, 2.24) is 20.0 Å². The molecule has 2 saturated heterocycles. The lowest BCUT2D eigenvalue weighted by Crippen LogP contribution is -2.48. The van der Waals surface area contributed by atoms with Gasteiger partial charge in [0.05, 0.1) is 0 Å². The minimum atomic E-state index is 0. The van der Waals surface area contributed by atoms with Gasteiger partial charge in [-0.05, 0) is 45.9 Å². The van der Waals surface area contributed by atoms with Gasteiger partial charge in [0, 0.05) is 50.8 Å². The van der Waals surface area contributed by atoms with Crippen molar-refractivity contribution in [2.24, 2.45) is 4.99 Å². The van der Waals surface area contributed by atoms with Crippen molar-refractivity contribution >= 4 is 41.7 Å². The molecule has 1 unspecified atom stereocenters. The third kappa shape index (κ3) is 7.66.